The molecule has 0 spiro atoms. The van der Waals surface area contributed by atoms with E-state index >= 15 is 0 Å². The van der Waals surface area contributed by atoms with Gasteiger partial charge in [-0.05, 0) is 92.8 Å². The van der Waals surface area contributed by atoms with Gasteiger partial charge < -0.3 is 10.2 Å². The molecule has 0 heterocycles. The van der Waals surface area contributed by atoms with Gasteiger partial charge in [-0.25, -0.2) is 0 Å². The van der Waals surface area contributed by atoms with Gasteiger partial charge in [0.2, 0.25) is 0 Å². The van der Waals surface area contributed by atoms with Crippen molar-refractivity contribution in [1.29, 1.82) is 0 Å². The molecular formula is C21H34O2. The Morgan fingerprint density at radius 1 is 1.04 bits per heavy atom. The van der Waals surface area contributed by atoms with Crippen LogP contribution in [-0.2, 0) is 0 Å². The molecule has 0 unspecified atom stereocenters. The Labute approximate surface area is 141 Å². The van der Waals surface area contributed by atoms with Crippen molar-refractivity contribution >= 4 is 0 Å². The number of hydrogen-bond acceptors (Lipinski definition) is 2. The zero-order valence-corrected chi connectivity index (χ0v) is 15.1. The minimum Gasteiger partial charge on any atom is -0.396 e. The van der Waals surface area contributed by atoms with Gasteiger partial charge in [-0.2, -0.15) is 0 Å². The number of aliphatic hydroxyl groups is 2. The van der Waals surface area contributed by atoms with Gasteiger partial charge in [-0.15, -0.1) is 0 Å². The average molecular weight is 319 g/mol. The first-order valence-corrected chi connectivity index (χ1v) is 9.83. The lowest BCUT2D eigenvalue weighted by molar-refractivity contribution is -0.0696. The second kappa shape index (κ2) is 5.08. The van der Waals surface area contributed by atoms with Crippen LogP contribution in [-0.4, -0.2) is 22.4 Å². The molecule has 7 atom stereocenters. The number of rotatable bonds is 1. The molecule has 0 saturated heterocycles. The molecule has 0 aliphatic heterocycles. The highest BCUT2D eigenvalue weighted by atomic mass is 16.3. The summed E-state index contributed by atoms with van der Waals surface area (Å²) in [6, 6.07) is 0. The molecule has 2 N–H and O–H groups in total. The highest BCUT2D eigenvalue weighted by molar-refractivity contribution is 5.26. The van der Waals surface area contributed by atoms with Crippen molar-refractivity contribution in [1.82, 2.24) is 0 Å². The summed E-state index contributed by atoms with van der Waals surface area (Å²) in [6.07, 6.45) is 11.9. The summed E-state index contributed by atoms with van der Waals surface area (Å²) in [5.74, 6) is 2.94. The smallest absolute Gasteiger partial charge is 0.0657 e. The number of hydrogen-bond donors (Lipinski definition) is 2. The van der Waals surface area contributed by atoms with Crippen LogP contribution in [0.15, 0.2) is 11.6 Å². The van der Waals surface area contributed by atoms with Crippen molar-refractivity contribution in [3.05, 3.63) is 11.6 Å². The van der Waals surface area contributed by atoms with Crippen LogP contribution in [0.1, 0.15) is 72.1 Å². The Morgan fingerprint density at radius 2 is 1.83 bits per heavy atom. The minimum absolute atomic E-state index is 0.323. The number of aliphatic hydroxyl groups excluding tert-OH is 1. The fourth-order valence-corrected chi connectivity index (χ4v) is 7.21. The van der Waals surface area contributed by atoms with E-state index in [-0.39, 0.29) is 0 Å². The maximum atomic E-state index is 10.5. The van der Waals surface area contributed by atoms with Gasteiger partial charge in [-0.1, -0.05) is 25.5 Å². The van der Waals surface area contributed by atoms with E-state index in [1.807, 2.05) is 6.92 Å². The third kappa shape index (κ3) is 2.20. The molecule has 0 bridgehead atoms. The minimum atomic E-state index is -0.489. The molecule has 0 radical (unpaired) electrons. The Balaban J connectivity index is 1.65. The van der Waals surface area contributed by atoms with Crippen molar-refractivity contribution in [3.8, 4) is 0 Å². The lowest BCUT2D eigenvalue weighted by Crippen LogP contribution is -2.51. The van der Waals surface area contributed by atoms with E-state index in [2.05, 4.69) is 19.9 Å². The summed E-state index contributed by atoms with van der Waals surface area (Å²) < 4.78 is 0. The normalized spacial score (nSPS) is 55.6. The third-order valence-electron chi connectivity index (χ3n) is 8.80. The SMILES string of the molecule is C[C@]1(O)CC[C@@]2(C)C(=CC[C@H]3[C@@H]4CC[C@H](CO)[C@@]4(C)CC[C@@H]32)C1. The Kier molecular flexibility index (Phi) is 3.57. The molecular weight excluding hydrogens is 284 g/mol. The summed E-state index contributed by atoms with van der Waals surface area (Å²) >= 11 is 0. The first kappa shape index (κ1) is 16.1. The maximum Gasteiger partial charge on any atom is 0.0657 e. The fraction of sp³-hybridized carbons (Fsp3) is 0.905. The summed E-state index contributed by atoms with van der Waals surface area (Å²) in [7, 11) is 0. The van der Waals surface area contributed by atoms with Gasteiger partial charge in [0.05, 0.1) is 5.60 Å². The quantitative estimate of drug-likeness (QED) is 0.707. The van der Waals surface area contributed by atoms with Crippen LogP contribution in [0.3, 0.4) is 0 Å². The Bertz CT molecular complexity index is 522. The Morgan fingerprint density at radius 3 is 2.57 bits per heavy atom. The summed E-state index contributed by atoms with van der Waals surface area (Å²) in [5.41, 5.74) is 1.76. The van der Waals surface area contributed by atoms with E-state index in [0.29, 0.717) is 23.4 Å². The monoisotopic (exact) mass is 318 g/mol. The first-order chi connectivity index (χ1) is 10.8. The average Bonchev–Trinajstić information content (AvgIpc) is 2.84. The van der Waals surface area contributed by atoms with E-state index in [9.17, 15) is 10.2 Å². The second-order valence-electron chi connectivity index (χ2n) is 9.93. The number of allylic oxidation sites excluding steroid dienone is 1. The summed E-state index contributed by atoms with van der Waals surface area (Å²) in [6.45, 7) is 7.35. The van der Waals surface area contributed by atoms with Crippen LogP contribution in [0, 0.1) is 34.5 Å². The van der Waals surface area contributed by atoms with Crippen LogP contribution in [0.4, 0.5) is 0 Å². The largest absolute Gasteiger partial charge is 0.396 e. The van der Waals surface area contributed by atoms with E-state index in [1.165, 1.54) is 32.1 Å². The molecule has 4 aliphatic rings. The van der Waals surface area contributed by atoms with Gasteiger partial charge in [0.15, 0.2) is 0 Å². The standard InChI is InChI=1S/C21H34O2/c1-19(23)10-11-21(3)14(12-19)4-6-16-17-7-5-15(13-22)20(17,2)9-8-18(16)21/h4,15-18,22-23H,5-13H2,1-3H3/t15-,16+,17+,18+,19+,20-,21+/m1/s1. The topological polar surface area (TPSA) is 40.5 Å². The molecule has 2 heteroatoms. The van der Waals surface area contributed by atoms with Crippen LogP contribution in [0.2, 0.25) is 0 Å². The molecule has 0 aromatic rings. The predicted molar refractivity (Wildman–Crippen MR) is 92.9 cm³/mol. The van der Waals surface area contributed by atoms with Gasteiger partial charge >= 0.3 is 0 Å². The third-order valence-corrected chi connectivity index (χ3v) is 8.80. The van der Waals surface area contributed by atoms with Crippen LogP contribution in [0.5, 0.6) is 0 Å². The van der Waals surface area contributed by atoms with Gasteiger partial charge in [-0.3, -0.25) is 0 Å². The van der Waals surface area contributed by atoms with E-state index in [4.69, 9.17) is 0 Å². The molecule has 130 valence electrons. The highest BCUT2D eigenvalue weighted by Gasteiger charge is 2.58. The lowest BCUT2D eigenvalue weighted by Gasteiger charge is -2.58. The fourth-order valence-electron chi connectivity index (χ4n) is 7.21. The van der Waals surface area contributed by atoms with Gasteiger partial charge in [0.1, 0.15) is 0 Å². The molecule has 3 saturated carbocycles. The molecule has 0 aromatic heterocycles. The molecule has 0 amide bonds. The van der Waals surface area contributed by atoms with E-state index in [1.54, 1.807) is 5.57 Å². The van der Waals surface area contributed by atoms with Crippen molar-refractivity contribution in [2.24, 2.45) is 34.5 Å². The van der Waals surface area contributed by atoms with Crippen LogP contribution in [0.25, 0.3) is 0 Å². The summed E-state index contributed by atoms with van der Waals surface area (Å²) in [5, 5.41) is 20.3. The molecule has 4 rings (SSSR count). The van der Waals surface area contributed by atoms with Crippen molar-refractivity contribution in [2.45, 2.75) is 77.7 Å². The first-order valence-electron chi connectivity index (χ1n) is 9.83. The summed E-state index contributed by atoms with van der Waals surface area (Å²) in [4.78, 5) is 0. The predicted octanol–water partition coefficient (Wildman–Crippen LogP) is 4.31. The van der Waals surface area contributed by atoms with E-state index in [0.717, 1.165) is 37.0 Å². The van der Waals surface area contributed by atoms with Crippen LogP contribution < -0.4 is 0 Å². The molecule has 4 aliphatic carbocycles. The zero-order valence-electron chi connectivity index (χ0n) is 15.1. The zero-order chi connectivity index (χ0) is 16.5. The number of fused-ring (bicyclic) bond motifs is 5. The van der Waals surface area contributed by atoms with Crippen molar-refractivity contribution < 1.29 is 10.2 Å². The lowest BCUT2D eigenvalue weighted by atomic mass is 9.47. The second-order valence-corrected chi connectivity index (χ2v) is 9.93. The van der Waals surface area contributed by atoms with Gasteiger partial charge in [0, 0.05) is 6.61 Å². The van der Waals surface area contributed by atoms with Crippen LogP contribution >= 0.6 is 0 Å². The van der Waals surface area contributed by atoms with Crippen molar-refractivity contribution in [3.63, 3.8) is 0 Å². The molecule has 3 fully saturated rings. The molecule has 2 nitrogen and oxygen atoms in total. The maximum absolute atomic E-state index is 10.5. The van der Waals surface area contributed by atoms with Crippen molar-refractivity contribution in [2.75, 3.05) is 6.61 Å². The Hall–Kier alpha value is -0.340. The molecule has 0 aromatic carbocycles. The highest BCUT2D eigenvalue weighted by Crippen LogP contribution is 2.66. The van der Waals surface area contributed by atoms with E-state index < -0.39 is 5.60 Å². The van der Waals surface area contributed by atoms with Gasteiger partial charge in [0.25, 0.3) is 0 Å². The molecule has 23 heavy (non-hydrogen) atoms.